The molecule has 4 aliphatic rings. The third-order valence-corrected chi connectivity index (χ3v) is 9.38. The second-order valence-corrected chi connectivity index (χ2v) is 11.5. The highest BCUT2D eigenvalue weighted by molar-refractivity contribution is 5.85. The van der Waals surface area contributed by atoms with Crippen LogP contribution in [0.5, 0.6) is 0 Å². The third-order valence-electron chi connectivity index (χ3n) is 9.38. The zero-order valence-corrected chi connectivity index (χ0v) is 21.5. The van der Waals surface area contributed by atoms with Crippen LogP contribution >= 0.6 is 0 Å². The van der Waals surface area contributed by atoms with Crippen LogP contribution in [-0.2, 0) is 0 Å². The van der Waals surface area contributed by atoms with Crippen molar-refractivity contribution in [2.24, 2.45) is 17.3 Å². The number of nitrogens with one attached hydrogen (secondary N) is 1. The van der Waals surface area contributed by atoms with Gasteiger partial charge in [-0.25, -0.2) is 4.39 Å². The summed E-state index contributed by atoms with van der Waals surface area (Å²) in [5.41, 5.74) is 0.327. The largest absolute Gasteiger partial charge is 0.393 e. The molecule has 4 N–H and O–H groups in total. The van der Waals surface area contributed by atoms with Gasteiger partial charge in [-0.3, -0.25) is 4.98 Å². The first kappa shape index (κ1) is 25.5. The van der Waals surface area contributed by atoms with Crippen molar-refractivity contribution in [2.75, 3.05) is 14.1 Å². The summed E-state index contributed by atoms with van der Waals surface area (Å²) in [7, 11) is 3.75. The molecule has 2 fully saturated rings. The van der Waals surface area contributed by atoms with Crippen LogP contribution in [0.25, 0.3) is 16.5 Å². The summed E-state index contributed by atoms with van der Waals surface area (Å²) in [6.45, 7) is 2.20. The molecule has 2 aromatic rings. The number of fused-ring (bicyclic) bond motifs is 5. The molecule has 0 saturated heterocycles. The van der Waals surface area contributed by atoms with Gasteiger partial charge in [-0.15, -0.1) is 0 Å². The highest BCUT2D eigenvalue weighted by Gasteiger charge is 2.62. The van der Waals surface area contributed by atoms with Gasteiger partial charge in [-0.1, -0.05) is 31.2 Å². The Morgan fingerprint density at radius 1 is 1.08 bits per heavy atom. The minimum absolute atomic E-state index is 0.0528. The summed E-state index contributed by atoms with van der Waals surface area (Å²) in [5.74, 6) is -0.451. The van der Waals surface area contributed by atoms with E-state index in [1.165, 1.54) is 5.57 Å². The number of aromatic nitrogens is 1. The standard InChI is InChI=1S/C28H32FNO3.C2H7N/c1-26-12-11-22-25(32)27(29)16-20(31)6-5-19(27)10-13-28(22,33)24(26)9-7-21(26)17-4-8-23-18(15-17)3-2-14-30-23;1-3-2/h2-4,7-8,11,14-15,19-20,24-25,31-33H,5-6,9-10,12-13,16H2,1H3;3H,1-2H3/t19?,20?,24?,25?,26?,27?,28-;/m1./s1. The van der Waals surface area contributed by atoms with Gasteiger partial charge >= 0.3 is 0 Å². The molecule has 4 aliphatic carbocycles. The minimum atomic E-state index is -1.87. The molecule has 1 heterocycles. The van der Waals surface area contributed by atoms with Gasteiger partial charge in [-0.05, 0) is 93.4 Å². The topological polar surface area (TPSA) is 85.6 Å². The number of benzene rings is 1. The van der Waals surface area contributed by atoms with Crippen LogP contribution in [0.1, 0.15) is 57.4 Å². The molecule has 194 valence electrons. The average Bonchev–Trinajstić information content (AvgIpc) is 3.18. The number of aliphatic hydroxyl groups excluding tert-OH is 2. The van der Waals surface area contributed by atoms with Crippen molar-refractivity contribution >= 4 is 16.5 Å². The van der Waals surface area contributed by atoms with Crippen LogP contribution in [0, 0.1) is 17.3 Å². The first-order valence-electron chi connectivity index (χ1n) is 13.3. The van der Waals surface area contributed by atoms with Gasteiger partial charge in [-0.2, -0.15) is 0 Å². The van der Waals surface area contributed by atoms with Crippen molar-refractivity contribution in [2.45, 2.75) is 75.3 Å². The van der Waals surface area contributed by atoms with Crippen LogP contribution in [0.15, 0.2) is 54.3 Å². The smallest absolute Gasteiger partial charge is 0.145 e. The lowest BCUT2D eigenvalue weighted by Crippen LogP contribution is -2.55. The lowest BCUT2D eigenvalue weighted by atomic mass is 9.57. The number of allylic oxidation sites excluding steroid dienone is 3. The normalized spacial score (nSPS) is 39.5. The molecule has 6 rings (SSSR count). The summed E-state index contributed by atoms with van der Waals surface area (Å²) >= 11 is 0. The quantitative estimate of drug-likeness (QED) is 0.437. The van der Waals surface area contributed by atoms with E-state index < -0.39 is 23.5 Å². The van der Waals surface area contributed by atoms with Crippen LogP contribution in [0.3, 0.4) is 0 Å². The van der Waals surface area contributed by atoms with E-state index in [0.717, 1.165) is 16.5 Å². The predicted molar refractivity (Wildman–Crippen MR) is 141 cm³/mol. The van der Waals surface area contributed by atoms with E-state index in [1.54, 1.807) is 6.20 Å². The number of pyridine rings is 1. The Morgan fingerprint density at radius 3 is 2.64 bits per heavy atom. The molecule has 0 aliphatic heterocycles. The number of halogens is 1. The lowest BCUT2D eigenvalue weighted by molar-refractivity contribution is -0.0963. The van der Waals surface area contributed by atoms with Gasteiger partial charge in [0.2, 0.25) is 0 Å². The van der Waals surface area contributed by atoms with Gasteiger partial charge in [0, 0.05) is 29.3 Å². The Kier molecular flexibility index (Phi) is 6.61. The van der Waals surface area contributed by atoms with Crippen molar-refractivity contribution in [1.29, 1.82) is 0 Å². The fourth-order valence-corrected chi connectivity index (χ4v) is 7.58. The molecule has 0 bridgehead atoms. The molecule has 0 amide bonds. The highest BCUT2D eigenvalue weighted by Crippen LogP contribution is 2.63. The Hall–Kier alpha value is -2.12. The maximum Gasteiger partial charge on any atom is 0.145 e. The number of hydrogen-bond donors (Lipinski definition) is 4. The predicted octanol–water partition coefficient (Wildman–Crippen LogP) is 4.57. The van der Waals surface area contributed by atoms with Crippen molar-refractivity contribution in [3.8, 4) is 0 Å². The monoisotopic (exact) mass is 494 g/mol. The van der Waals surface area contributed by atoms with Crippen LogP contribution in [-0.4, -0.2) is 57.9 Å². The Morgan fingerprint density at radius 2 is 1.86 bits per heavy atom. The number of aliphatic hydroxyl groups is 3. The molecule has 2 saturated carbocycles. The molecular formula is C30H39FN2O3. The summed E-state index contributed by atoms with van der Waals surface area (Å²) in [6.07, 6.45) is 7.21. The van der Waals surface area contributed by atoms with Gasteiger partial charge < -0.3 is 20.6 Å². The Bertz CT molecular complexity index is 1200. The third kappa shape index (κ3) is 3.85. The second kappa shape index (κ2) is 9.32. The first-order valence-corrected chi connectivity index (χ1v) is 13.3. The van der Waals surface area contributed by atoms with E-state index in [9.17, 15) is 15.3 Å². The van der Waals surface area contributed by atoms with Crippen molar-refractivity contribution in [3.63, 3.8) is 0 Å². The molecular weight excluding hydrogens is 455 g/mol. The number of hydrogen-bond acceptors (Lipinski definition) is 5. The van der Waals surface area contributed by atoms with Crippen molar-refractivity contribution in [3.05, 3.63) is 59.8 Å². The van der Waals surface area contributed by atoms with E-state index in [0.29, 0.717) is 44.1 Å². The molecule has 1 aromatic heterocycles. The maximum absolute atomic E-state index is 16.2. The molecule has 5 nitrogen and oxygen atoms in total. The van der Waals surface area contributed by atoms with E-state index in [4.69, 9.17) is 0 Å². The van der Waals surface area contributed by atoms with Crippen molar-refractivity contribution in [1.82, 2.24) is 10.3 Å². The van der Waals surface area contributed by atoms with E-state index in [2.05, 4.69) is 41.5 Å². The zero-order valence-electron chi connectivity index (χ0n) is 21.5. The van der Waals surface area contributed by atoms with Gasteiger partial charge in [0.1, 0.15) is 11.8 Å². The van der Waals surface area contributed by atoms with E-state index in [1.807, 2.05) is 32.3 Å². The van der Waals surface area contributed by atoms with Gasteiger partial charge in [0.25, 0.3) is 0 Å². The van der Waals surface area contributed by atoms with Crippen LogP contribution in [0.2, 0.25) is 0 Å². The van der Waals surface area contributed by atoms with Gasteiger partial charge in [0.05, 0.1) is 17.2 Å². The molecule has 0 radical (unpaired) electrons. The molecule has 36 heavy (non-hydrogen) atoms. The van der Waals surface area contributed by atoms with Crippen LogP contribution in [0.4, 0.5) is 4.39 Å². The van der Waals surface area contributed by atoms with Crippen molar-refractivity contribution < 1.29 is 19.7 Å². The first-order chi connectivity index (χ1) is 17.2. The highest BCUT2D eigenvalue weighted by atomic mass is 19.1. The number of rotatable bonds is 1. The molecule has 7 atom stereocenters. The lowest BCUT2D eigenvalue weighted by Gasteiger charge is -2.50. The molecule has 1 aromatic carbocycles. The fourth-order valence-electron chi connectivity index (χ4n) is 7.58. The second-order valence-electron chi connectivity index (χ2n) is 11.5. The maximum atomic E-state index is 16.2. The summed E-state index contributed by atoms with van der Waals surface area (Å²) < 4.78 is 16.2. The number of nitrogens with zero attached hydrogens (tertiary/aromatic N) is 1. The van der Waals surface area contributed by atoms with E-state index in [-0.39, 0.29) is 23.7 Å². The molecule has 0 spiro atoms. The molecule has 6 heteroatoms. The minimum Gasteiger partial charge on any atom is -0.393 e. The Balaban J connectivity index is 0.000000848. The SMILES string of the molecule is CC12CC=C3C(O)C4(F)CC(O)CCC4CC[C@]3(O)C1CC=C2c1ccc2ncccc2c1.CNC. The van der Waals surface area contributed by atoms with Gasteiger partial charge in [0.15, 0.2) is 0 Å². The fraction of sp³-hybridized carbons (Fsp3) is 0.567. The zero-order chi connectivity index (χ0) is 25.7. The Labute approximate surface area is 213 Å². The molecule has 6 unspecified atom stereocenters. The van der Waals surface area contributed by atoms with E-state index >= 15 is 4.39 Å². The van der Waals surface area contributed by atoms with Crippen LogP contribution < -0.4 is 5.32 Å². The average molecular weight is 495 g/mol. The number of alkyl halides is 1. The summed E-state index contributed by atoms with van der Waals surface area (Å²) in [5, 5.41) is 37.4. The summed E-state index contributed by atoms with van der Waals surface area (Å²) in [6, 6.07) is 10.3. The summed E-state index contributed by atoms with van der Waals surface area (Å²) in [4.78, 5) is 4.43.